The first-order valence-corrected chi connectivity index (χ1v) is 3.60. The van der Waals surface area contributed by atoms with E-state index in [2.05, 4.69) is 4.74 Å². The molecular weight excluding hydrogens is 156 g/mol. The van der Waals surface area contributed by atoms with Crippen molar-refractivity contribution in [3.8, 4) is 0 Å². The number of esters is 1. The number of furan rings is 1. The molecule has 0 aliphatic rings. The van der Waals surface area contributed by atoms with Crippen molar-refractivity contribution in [2.75, 3.05) is 7.11 Å². The summed E-state index contributed by atoms with van der Waals surface area (Å²) in [5, 5.41) is 0. The second kappa shape index (κ2) is 4.38. The molecule has 3 heteroatoms. The molecule has 1 heterocycles. The highest BCUT2D eigenvalue weighted by atomic mass is 16.5. The van der Waals surface area contributed by atoms with Gasteiger partial charge in [0, 0.05) is 12.5 Å². The molecule has 1 aromatic heterocycles. The Morgan fingerprint density at radius 3 is 3.17 bits per heavy atom. The molecule has 0 spiro atoms. The fraction of sp³-hybridized carbons (Fsp3) is 0.222. The fourth-order valence-corrected chi connectivity index (χ4v) is 0.768. The largest absolute Gasteiger partial charge is 0.469 e. The average Bonchev–Trinajstić information content (AvgIpc) is 2.57. The Bertz CT molecular complexity index is 259. The molecule has 0 unspecified atom stereocenters. The molecule has 0 N–H and O–H groups in total. The van der Waals surface area contributed by atoms with E-state index < -0.39 is 0 Å². The monoisotopic (exact) mass is 166 g/mol. The van der Waals surface area contributed by atoms with Gasteiger partial charge in [-0.25, -0.2) is 4.79 Å². The Labute approximate surface area is 70.6 Å². The first-order valence-electron chi connectivity index (χ1n) is 3.60. The predicted octanol–water partition coefficient (Wildman–Crippen LogP) is 1.55. The van der Waals surface area contributed by atoms with Crippen LogP contribution in [0.5, 0.6) is 0 Å². The molecule has 0 amide bonds. The lowest BCUT2D eigenvalue weighted by molar-refractivity contribution is -0.134. The standard InChI is InChI=1S/C9H10O3/c1-11-9(10)6-2-4-8-5-3-7-12-8/h2-3,5-7H,4H2,1H3/b6-2-. The van der Waals surface area contributed by atoms with E-state index >= 15 is 0 Å². The Balaban J connectivity index is 2.35. The van der Waals surface area contributed by atoms with Gasteiger partial charge < -0.3 is 9.15 Å². The van der Waals surface area contributed by atoms with Crippen LogP contribution in [0.1, 0.15) is 5.76 Å². The Hall–Kier alpha value is -1.51. The molecular formula is C9H10O3. The Morgan fingerprint density at radius 1 is 1.75 bits per heavy atom. The van der Waals surface area contributed by atoms with E-state index in [9.17, 15) is 4.79 Å². The zero-order valence-corrected chi connectivity index (χ0v) is 6.82. The summed E-state index contributed by atoms with van der Waals surface area (Å²) >= 11 is 0. The number of carbonyl (C=O) groups excluding carboxylic acids is 1. The van der Waals surface area contributed by atoms with E-state index in [1.807, 2.05) is 6.07 Å². The highest BCUT2D eigenvalue weighted by Crippen LogP contribution is 2.01. The van der Waals surface area contributed by atoms with E-state index in [0.717, 1.165) is 5.76 Å². The van der Waals surface area contributed by atoms with Gasteiger partial charge in [-0.1, -0.05) is 6.08 Å². The zero-order chi connectivity index (χ0) is 8.81. The molecule has 0 saturated heterocycles. The van der Waals surface area contributed by atoms with Crippen LogP contribution in [0.4, 0.5) is 0 Å². The van der Waals surface area contributed by atoms with Gasteiger partial charge in [0.05, 0.1) is 13.4 Å². The summed E-state index contributed by atoms with van der Waals surface area (Å²) in [5.74, 6) is 0.483. The van der Waals surface area contributed by atoms with E-state index in [4.69, 9.17) is 4.42 Å². The van der Waals surface area contributed by atoms with Crippen molar-refractivity contribution in [1.29, 1.82) is 0 Å². The Morgan fingerprint density at radius 2 is 2.58 bits per heavy atom. The smallest absolute Gasteiger partial charge is 0.330 e. The van der Waals surface area contributed by atoms with Crippen molar-refractivity contribution < 1.29 is 13.9 Å². The predicted molar refractivity (Wildman–Crippen MR) is 43.6 cm³/mol. The quantitative estimate of drug-likeness (QED) is 0.505. The van der Waals surface area contributed by atoms with Gasteiger partial charge in [0.2, 0.25) is 0 Å². The molecule has 0 aliphatic carbocycles. The van der Waals surface area contributed by atoms with Crippen molar-refractivity contribution >= 4 is 5.97 Å². The second-order valence-corrected chi connectivity index (χ2v) is 2.21. The van der Waals surface area contributed by atoms with Crippen molar-refractivity contribution in [2.24, 2.45) is 0 Å². The molecule has 0 aromatic carbocycles. The van der Waals surface area contributed by atoms with Crippen LogP contribution in [0.2, 0.25) is 0 Å². The summed E-state index contributed by atoms with van der Waals surface area (Å²) in [6, 6.07) is 3.66. The lowest BCUT2D eigenvalue weighted by Crippen LogP contribution is -1.93. The normalized spacial score (nSPS) is 10.4. The van der Waals surface area contributed by atoms with Crippen molar-refractivity contribution in [3.63, 3.8) is 0 Å². The SMILES string of the molecule is COC(=O)/C=C\Cc1ccco1. The third kappa shape index (κ3) is 2.62. The van der Waals surface area contributed by atoms with Crippen LogP contribution in [0.3, 0.4) is 0 Å². The minimum atomic E-state index is -0.346. The molecule has 0 aliphatic heterocycles. The minimum absolute atomic E-state index is 0.346. The number of methoxy groups -OCH3 is 1. The molecule has 0 atom stereocenters. The summed E-state index contributed by atoms with van der Waals surface area (Å²) in [6.07, 6.45) is 5.29. The summed E-state index contributed by atoms with van der Waals surface area (Å²) in [5.41, 5.74) is 0. The lowest BCUT2D eigenvalue weighted by Gasteiger charge is -1.89. The van der Waals surface area contributed by atoms with Crippen LogP contribution in [0.25, 0.3) is 0 Å². The van der Waals surface area contributed by atoms with E-state index in [-0.39, 0.29) is 5.97 Å². The molecule has 0 saturated carbocycles. The number of ether oxygens (including phenoxy) is 1. The number of hydrogen-bond donors (Lipinski definition) is 0. The van der Waals surface area contributed by atoms with Gasteiger partial charge in [0.15, 0.2) is 0 Å². The third-order valence-electron chi connectivity index (χ3n) is 1.35. The Kier molecular flexibility index (Phi) is 3.14. The van der Waals surface area contributed by atoms with Crippen LogP contribution in [-0.4, -0.2) is 13.1 Å². The van der Waals surface area contributed by atoms with Crippen molar-refractivity contribution in [1.82, 2.24) is 0 Å². The second-order valence-electron chi connectivity index (χ2n) is 2.21. The van der Waals surface area contributed by atoms with E-state index in [1.165, 1.54) is 13.2 Å². The van der Waals surface area contributed by atoms with Gasteiger partial charge in [0.1, 0.15) is 5.76 Å². The van der Waals surface area contributed by atoms with Crippen molar-refractivity contribution in [3.05, 3.63) is 36.3 Å². The summed E-state index contributed by atoms with van der Waals surface area (Å²) in [7, 11) is 1.35. The maximum Gasteiger partial charge on any atom is 0.330 e. The molecule has 1 aromatic rings. The lowest BCUT2D eigenvalue weighted by atomic mass is 10.3. The van der Waals surface area contributed by atoms with Gasteiger partial charge in [-0.05, 0) is 12.1 Å². The minimum Gasteiger partial charge on any atom is -0.469 e. The maximum absolute atomic E-state index is 10.6. The first-order chi connectivity index (χ1) is 5.83. The highest BCUT2D eigenvalue weighted by molar-refractivity contribution is 5.81. The summed E-state index contributed by atoms with van der Waals surface area (Å²) < 4.78 is 9.46. The molecule has 3 nitrogen and oxygen atoms in total. The van der Waals surface area contributed by atoms with E-state index in [1.54, 1.807) is 18.4 Å². The third-order valence-corrected chi connectivity index (χ3v) is 1.35. The number of hydrogen-bond acceptors (Lipinski definition) is 3. The van der Waals surface area contributed by atoms with Crippen LogP contribution in [0.15, 0.2) is 35.0 Å². The number of allylic oxidation sites excluding steroid dienone is 1. The van der Waals surface area contributed by atoms with Crippen LogP contribution < -0.4 is 0 Å². The molecule has 12 heavy (non-hydrogen) atoms. The van der Waals surface area contributed by atoms with Gasteiger partial charge in [0.25, 0.3) is 0 Å². The first kappa shape index (κ1) is 8.59. The summed E-state index contributed by atoms with van der Waals surface area (Å²) in [4.78, 5) is 10.6. The zero-order valence-electron chi connectivity index (χ0n) is 6.82. The molecule has 0 radical (unpaired) electrons. The molecule has 1 rings (SSSR count). The van der Waals surface area contributed by atoms with Crippen LogP contribution >= 0.6 is 0 Å². The van der Waals surface area contributed by atoms with Gasteiger partial charge >= 0.3 is 5.97 Å². The topological polar surface area (TPSA) is 39.4 Å². The molecule has 0 fully saturated rings. The van der Waals surface area contributed by atoms with Crippen molar-refractivity contribution in [2.45, 2.75) is 6.42 Å². The van der Waals surface area contributed by atoms with Crippen LogP contribution in [-0.2, 0) is 16.0 Å². The molecule has 0 bridgehead atoms. The van der Waals surface area contributed by atoms with Gasteiger partial charge in [-0.15, -0.1) is 0 Å². The summed E-state index contributed by atoms with van der Waals surface area (Å²) in [6.45, 7) is 0. The number of rotatable bonds is 3. The number of carbonyl (C=O) groups is 1. The van der Waals surface area contributed by atoms with E-state index in [0.29, 0.717) is 6.42 Å². The fourth-order valence-electron chi connectivity index (χ4n) is 0.768. The van der Waals surface area contributed by atoms with Gasteiger partial charge in [-0.2, -0.15) is 0 Å². The highest BCUT2D eigenvalue weighted by Gasteiger charge is 1.92. The van der Waals surface area contributed by atoms with Crippen LogP contribution in [0, 0.1) is 0 Å². The van der Waals surface area contributed by atoms with Gasteiger partial charge in [-0.3, -0.25) is 0 Å². The molecule has 64 valence electrons. The average molecular weight is 166 g/mol. The maximum atomic E-state index is 10.6.